The monoisotopic (exact) mass is 403 g/mol. The molecule has 2 atom stereocenters. The largest absolute Gasteiger partial charge is 0.389 e. The summed E-state index contributed by atoms with van der Waals surface area (Å²) in [5.41, 5.74) is 0.643. The fourth-order valence-electron chi connectivity index (χ4n) is 3.38. The van der Waals surface area contributed by atoms with E-state index in [0.29, 0.717) is 18.7 Å². The Bertz CT molecular complexity index is 1100. The first-order valence-electron chi connectivity index (χ1n) is 9.09. The normalized spacial score (nSPS) is 19.5. The van der Waals surface area contributed by atoms with Gasteiger partial charge >= 0.3 is 0 Å². The first-order chi connectivity index (χ1) is 13.8. The number of aliphatic hydroxyl groups excluding tert-OH is 1. The van der Waals surface area contributed by atoms with Gasteiger partial charge in [-0.3, -0.25) is 4.79 Å². The highest BCUT2D eigenvalue weighted by Gasteiger charge is 2.25. The van der Waals surface area contributed by atoms with Crippen LogP contribution >= 0.6 is 0 Å². The van der Waals surface area contributed by atoms with Crippen molar-refractivity contribution in [2.45, 2.75) is 32.4 Å². The number of imidazole rings is 1. The lowest BCUT2D eigenvalue weighted by Gasteiger charge is -2.28. The topological polar surface area (TPSA) is 102 Å². The summed E-state index contributed by atoms with van der Waals surface area (Å²) in [6.45, 7) is 3.64. The Morgan fingerprint density at radius 3 is 2.86 bits per heavy atom. The molecule has 0 aliphatic carbocycles. The molecule has 1 aliphatic heterocycles. The molecule has 2 N–H and O–H groups in total. The van der Waals surface area contributed by atoms with Gasteiger partial charge in [0.1, 0.15) is 11.4 Å². The molecule has 29 heavy (non-hydrogen) atoms. The van der Waals surface area contributed by atoms with Gasteiger partial charge in [-0.05, 0) is 19.4 Å². The van der Waals surface area contributed by atoms with Crippen molar-refractivity contribution >= 4 is 17.4 Å². The lowest BCUT2D eigenvalue weighted by Crippen LogP contribution is -2.42. The molecule has 3 aromatic heterocycles. The van der Waals surface area contributed by atoms with Crippen molar-refractivity contribution in [3.63, 3.8) is 0 Å². The smallest absolute Gasteiger partial charge is 0.223 e. The lowest BCUT2D eigenvalue weighted by molar-refractivity contribution is -0.0136. The first-order valence-corrected chi connectivity index (χ1v) is 9.09. The number of Topliss-reactive ketones (excluding diaryl/α,β-unsaturated/α-hetero) is 1. The maximum atomic E-state index is 14.6. The Balaban J connectivity index is 1.75. The van der Waals surface area contributed by atoms with Gasteiger partial charge < -0.3 is 19.6 Å². The third-order valence-corrected chi connectivity index (χ3v) is 4.91. The van der Waals surface area contributed by atoms with Crippen molar-refractivity contribution in [2.75, 3.05) is 18.5 Å². The van der Waals surface area contributed by atoms with Gasteiger partial charge in [0.25, 0.3) is 0 Å². The fraction of sp³-hybridized carbons (Fsp3) is 0.368. The zero-order chi connectivity index (χ0) is 20.7. The lowest BCUT2D eigenvalue weighted by atomic mass is 10.1. The predicted octanol–water partition coefficient (Wildman–Crippen LogP) is 2.14. The number of rotatable bonds is 4. The molecule has 10 heteroatoms. The van der Waals surface area contributed by atoms with Crippen LogP contribution in [0.25, 0.3) is 16.9 Å². The molecule has 0 spiro atoms. The van der Waals surface area contributed by atoms with E-state index in [1.165, 1.54) is 17.5 Å². The molecule has 0 aromatic carbocycles. The van der Waals surface area contributed by atoms with Gasteiger partial charge in [-0.2, -0.15) is 0 Å². The fourth-order valence-corrected chi connectivity index (χ4v) is 3.38. The van der Waals surface area contributed by atoms with Gasteiger partial charge in [0.2, 0.25) is 5.95 Å². The predicted molar refractivity (Wildman–Crippen MR) is 99.7 cm³/mol. The second kappa shape index (κ2) is 7.45. The minimum Gasteiger partial charge on any atom is -0.389 e. The molecule has 0 saturated carbocycles. The summed E-state index contributed by atoms with van der Waals surface area (Å²) in [6.07, 6.45) is 2.26. The number of pyridine rings is 1. The van der Waals surface area contributed by atoms with Crippen LogP contribution in [0.3, 0.4) is 0 Å². The van der Waals surface area contributed by atoms with E-state index < -0.39 is 17.7 Å². The van der Waals surface area contributed by atoms with E-state index in [0.717, 1.165) is 12.3 Å². The van der Waals surface area contributed by atoms with Crippen molar-refractivity contribution in [1.82, 2.24) is 19.4 Å². The second-order valence-electron chi connectivity index (χ2n) is 6.94. The number of ketones is 1. The van der Waals surface area contributed by atoms with E-state index in [1.807, 2.05) is 0 Å². The SMILES string of the molecule is CC(=O)c1nc2c(F)cc(-c3nc(N[C@@H]4CCOC[C@H]4O)ncc3F)cn2c1C. The van der Waals surface area contributed by atoms with E-state index in [9.17, 15) is 18.7 Å². The maximum absolute atomic E-state index is 14.6. The zero-order valence-corrected chi connectivity index (χ0v) is 15.8. The summed E-state index contributed by atoms with van der Waals surface area (Å²) in [5.74, 6) is -1.61. The average molecular weight is 403 g/mol. The molecule has 0 unspecified atom stereocenters. The molecule has 1 fully saturated rings. The minimum atomic E-state index is -0.742. The van der Waals surface area contributed by atoms with Crippen molar-refractivity contribution in [2.24, 2.45) is 0 Å². The van der Waals surface area contributed by atoms with Gasteiger partial charge in [-0.15, -0.1) is 0 Å². The third-order valence-electron chi connectivity index (χ3n) is 4.91. The van der Waals surface area contributed by atoms with E-state index in [2.05, 4.69) is 20.3 Å². The average Bonchev–Trinajstić information content (AvgIpc) is 3.03. The zero-order valence-electron chi connectivity index (χ0n) is 15.8. The number of carbonyl (C=O) groups excluding carboxylic acids is 1. The summed E-state index contributed by atoms with van der Waals surface area (Å²) < 4.78 is 35.7. The summed E-state index contributed by atoms with van der Waals surface area (Å²) in [7, 11) is 0. The molecule has 3 aromatic rings. The Hall–Kier alpha value is -2.98. The maximum Gasteiger partial charge on any atom is 0.223 e. The molecule has 0 bridgehead atoms. The number of halogens is 2. The summed E-state index contributed by atoms with van der Waals surface area (Å²) in [4.78, 5) is 23.8. The van der Waals surface area contributed by atoms with Crippen LogP contribution < -0.4 is 5.32 Å². The van der Waals surface area contributed by atoms with Crippen molar-refractivity contribution in [1.29, 1.82) is 0 Å². The van der Waals surface area contributed by atoms with Crippen LogP contribution in [0.4, 0.5) is 14.7 Å². The van der Waals surface area contributed by atoms with Crippen LogP contribution in [0.1, 0.15) is 29.5 Å². The first kappa shape index (κ1) is 19.3. The van der Waals surface area contributed by atoms with Crippen LogP contribution in [0.5, 0.6) is 0 Å². The van der Waals surface area contributed by atoms with Gasteiger partial charge in [0.15, 0.2) is 23.1 Å². The highest BCUT2D eigenvalue weighted by atomic mass is 19.1. The number of anilines is 1. The quantitative estimate of drug-likeness (QED) is 0.644. The second-order valence-corrected chi connectivity index (χ2v) is 6.94. The summed E-state index contributed by atoms with van der Waals surface area (Å²) in [6, 6.07) is 0.778. The van der Waals surface area contributed by atoms with Crippen molar-refractivity contribution < 1.29 is 23.4 Å². The minimum absolute atomic E-state index is 0.0189. The molecule has 1 aliphatic rings. The Kier molecular flexibility index (Phi) is 4.97. The van der Waals surface area contributed by atoms with Gasteiger partial charge in [-0.25, -0.2) is 23.7 Å². The highest BCUT2D eigenvalue weighted by Crippen LogP contribution is 2.26. The van der Waals surface area contributed by atoms with Crippen molar-refractivity contribution in [3.05, 3.63) is 41.5 Å². The van der Waals surface area contributed by atoms with Gasteiger partial charge in [-0.1, -0.05) is 0 Å². The van der Waals surface area contributed by atoms with Crippen LogP contribution in [0.2, 0.25) is 0 Å². The van der Waals surface area contributed by atoms with Gasteiger partial charge in [0, 0.05) is 25.3 Å². The number of aryl methyl sites for hydroxylation is 1. The number of hydrogen-bond donors (Lipinski definition) is 2. The molecule has 0 radical (unpaired) electrons. The van der Waals surface area contributed by atoms with E-state index in [4.69, 9.17) is 4.74 Å². The number of aliphatic hydroxyl groups is 1. The van der Waals surface area contributed by atoms with Crippen LogP contribution in [-0.2, 0) is 4.74 Å². The number of carbonyl (C=O) groups is 1. The van der Waals surface area contributed by atoms with Crippen molar-refractivity contribution in [3.8, 4) is 11.3 Å². The molecule has 0 amide bonds. The molecular weight excluding hydrogens is 384 g/mol. The molecule has 152 valence electrons. The molecule has 1 saturated heterocycles. The number of nitrogens with one attached hydrogen (secondary N) is 1. The standard InChI is InChI=1S/C19H19F2N5O3/c1-9-16(10(2)27)24-18-12(20)5-11(7-26(9)18)17-13(21)6-22-19(25-17)23-14-3-4-29-8-15(14)28/h5-7,14-15,28H,3-4,8H2,1-2H3,(H,22,23,25)/t14-,15-/m1/s1. The molecular formula is C19H19F2N5O3. The summed E-state index contributed by atoms with van der Waals surface area (Å²) in [5, 5.41) is 13.0. The number of hydrogen-bond acceptors (Lipinski definition) is 7. The Morgan fingerprint density at radius 2 is 2.14 bits per heavy atom. The number of aromatic nitrogens is 4. The Labute approximate surface area is 164 Å². The van der Waals surface area contributed by atoms with Crippen LogP contribution in [-0.4, -0.2) is 55.6 Å². The molecule has 8 nitrogen and oxygen atoms in total. The number of nitrogens with zero attached hydrogens (tertiary/aromatic N) is 4. The molecule has 4 rings (SSSR count). The van der Waals surface area contributed by atoms with Crippen LogP contribution in [0, 0.1) is 18.6 Å². The molecule has 4 heterocycles. The number of fused-ring (bicyclic) bond motifs is 1. The highest BCUT2D eigenvalue weighted by molar-refractivity contribution is 5.94. The van der Waals surface area contributed by atoms with Crippen LogP contribution in [0.15, 0.2) is 18.5 Å². The van der Waals surface area contributed by atoms with Gasteiger partial charge in [0.05, 0.1) is 30.6 Å². The van der Waals surface area contributed by atoms with E-state index in [-0.39, 0.29) is 47.0 Å². The Morgan fingerprint density at radius 1 is 1.34 bits per heavy atom. The number of ether oxygens (including phenoxy) is 1. The van der Waals surface area contributed by atoms with E-state index in [1.54, 1.807) is 6.92 Å². The summed E-state index contributed by atoms with van der Waals surface area (Å²) >= 11 is 0. The van der Waals surface area contributed by atoms with E-state index >= 15 is 0 Å². The third kappa shape index (κ3) is 3.56.